The first-order valence-corrected chi connectivity index (χ1v) is 10.4. The van der Waals surface area contributed by atoms with Crippen LogP contribution in [0.1, 0.15) is 68.7 Å². The maximum absolute atomic E-state index is 12.3. The fraction of sp³-hybridized carbons (Fsp3) is 0.440. The minimum atomic E-state index is -1.00. The second-order valence-corrected chi connectivity index (χ2v) is 8.14. The topological polar surface area (TPSA) is 64.6 Å². The number of ether oxygens (including phenoxy) is 2. The van der Waals surface area contributed by atoms with E-state index in [0.29, 0.717) is 11.8 Å². The molecule has 2 rings (SSSR count). The van der Waals surface area contributed by atoms with Crippen LogP contribution < -0.4 is 5.32 Å². The van der Waals surface area contributed by atoms with Crippen molar-refractivity contribution in [3.63, 3.8) is 0 Å². The lowest BCUT2D eigenvalue weighted by Gasteiger charge is -2.25. The zero-order chi connectivity index (χ0) is 22.3. The highest BCUT2D eigenvalue weighted by atomic mass is 16.5. The Balaban J connectivity index is 2.44. The van der Waals surface area contributed by atoms with Crippen LogP contribution in [0.5, 0.6) is 0 Å². The number of esters is 2. The molecule has 1 N–H and O–H groups in total. The second-order valence-electron chi connectivity index (χ2n) is 8.14. The Labute approximate surface area is 179 Å². The van der Waals surface area contributed by atoms with Gasteiger partial charge in [0.1, 0.15) is 0 Å². The van der Waals surface area contributed by atoms with Crippen LogP contribution in [0.4, 0.5) is 5.69 Å². The van der Waals surface area contributed by atoms with Crippen molar-refractivity contribution in [2.45, 2.75) is 52.0 Å². The maximum atomic E-state index is 12.3. The molecule has 5 nitrogen and oxygen atoms in total. The van der Waals surface area contributed by atoms with Gasteiger partial charge in [-0.3, -0.25) is 9.59 Å². The number of carbonyl (C=O) groups excluding carboxylic acids is 2. The third kappa shape index (κ3) is 6.09. The molecule has 0 radical (unpaired) electrons. The quantitative estimate of drug-likeness (QED) is 0.440. The summed E-state index contributed by atoms with van der Waals surface area (Å²) in [6.45, 7) is 8.68. The zero-order valence-corrected chi connectivity index (χ0v) is 18.8. The molecule has 5 heteroatoms. The van der Waals surface area contributed by atoms with Crippen molar-refractivity contribution in [1.82, 2.24) is 0 Å². The average Bonchev–Trinajstić information content (AvgIpc) is 2.75. The van der Waals surface area contributed by atoms with E-state index in [-0.39, 0.29) is 12.5 Å². The Kier molecular flexibility index (Phi) is 8.46. The number of rotatable bonds is 9. The highest BCUT2D eigenvalue weighted by molar-refractivity contribution is 5.94. The summed E-state index contributed by atoms with van der Waals surface area (Å²) in [6.07, 6.45) is 0.228. The van der Waals surface area contributed by atoms with Crippen LogP contribution in [0.15, 0.2) is 48.5 Å². The molecule has 162 valence electrons. The van der Waals surface area contributed by atoms with Gasteiger partial charge in [-0.25, -0.2) is 0 Å². The molecular formula is C25H33NO4. The highest BCUT2D eigenvalue weighted by Gasteiger charge is 2.32. The summed E-state index contributed by atoms with van der Waals surface area (Å²) in [6, 6.07) is 16.0. The van der Waals surface area contributed by atoms with E-state index in [4.69, 9.17) is 9.47 Å². The van der Waals surface area contributed by atoms with Gasteiger partial charge in [-0.1, -0.05) is 64.1 Å². The molecule has 1 atom stereocenters. The van der Waals surface area contributed by atoms with E-state index < -0.39 is 17.9 Å². The lowest BCUT2D eigenvalue weighted by molar-refractivity contribution is -0.159. The Hall–Kier alpha value is -2.82. The minimum absolute atomic E-state index is 0.228. The monoisotopic (exact) mass is 411 g/mol. The number of hydrogen-bond donors (Lipinski definition) is 1. The molecule has 0 aliphatic rings. The van der Waals surface area contributed by atoms with Gasteiger partial charge in [-0.15, -0.1) is 0 Å². The summed E-state index contributed by atoms with van der Waals surface area (Å²) in [7, 11) is 2.56. The third-order valence-corrected chi connectivity index (χ3v) is 5.30. The number of benzene rings is 2. The normalized spacial score (nSPS) is 12.2. The number of methoxy groups -OCH3 is 2. The number of anilines is 1. The van der Waals surface area contributed by atoms with Gasteiger partial charge >= 0.3 is 11.9 Å². The van der Waals surface area contributed by atoms with Crippen LogP contribution in [0.2, 0.25) is 0 Å². The van der Waals surface area contributed by atoms with Crippen LogP contribution in [-0.4, -0.2) is 26.2 Å². The molecule has 0 amide bonds. The summed E-state index contributed by atoms with van der Waals surface area (Å²) in [5.41, 5.74) is 4.43. The molecule has 0 spiro atoms. The van der Waals surface area contributed by atoms with E-state index in [1.807, 2.05) is 30.3 Å². The van der Waals surface area contributed by atoms with Crippen LogP contribution in [0.3, 0.4) is 0 Å². The van der Waals surface area contributed by atoms with E-state index in [2.05, 4.69) is 51.2 Å². The van der Waals surface area contributed by atoms with Gasteiger partial charge in [0, 0.05) is 5.69 Å². The van der Waals surface area contributed by atoms with E-state index >= 15 is 0 Å². The largest absolute Gasteiger partial charge is 0.468 e. The smallest absolute Gasteiger partial charge is 0.320 e. The van der Waals surface area contributed by atoms with Crippen molar-refractivity contribution in [2.24, 2.45) is 5.92 Å². The standard InChI is InChI=1S/C25H33NO4/c1-16(2)19-12-20(17(3)4)14-21(13-19)26-23(18-10-8-7-9-11-18)15-22(24(27)29-5)25(28)30-6/h7-14,16-17,22-23,26H,15H2,1-6H3. The third-order valence-electron chi connectivity index (χ3n) is 5.30. The molecule has 30 heavy (non-hydrogen) atoms. The SMILES string of the molecule is COC(=O)C(CC(Nc1cc(C(C)C)cc(C(C)C)c1)c1ccccc1)C(=O)OC. The zero-order valence-electron chi connectivity index (χ0n) is 18.8. The molecule has 2 aromatic carbocycles. The Bertz CT molecular complexity index is 803. The first kappa shape index (κ1) is 23.5. The van der Waals surface area contributed by atoms with Crippen molar-refractivity contribution >= 4 is 17.6 Å². The van der Waals surface area contributed by atoms with Crippen molar-refractivity contribution in [3.8, 4) is 0 Å². The lowest BCUT2D eigenvalue weighted by atomic mass is 9.92. The van der Waals surface area contributed by atoms with Crippen molar-refractivity contribution in [3.05, 3.63) is 65.2 Å². The molecule has 1 unspecified atom stereocenters. The molecule has 0 aromatic heterocycles. The number of carbonyl (C=O) groups is 2. The molecule has 0 saturated heterocycles. The minimum Gasteiger partial charge on any atom is -0.468 e. The summed E-state index contributed by atoms with van der Waals surface area (Å²) < 4.78 is 9.71. The Morgan fingerprint density at radius 3 is 1.73 bits per heavy atom. The molecular weight excluding hydrogens is 378 g/mol. The fourth-order valence-electron chi connectivity index (χ4n) is 3.40. The van der Waals surface area contributed by atoms with Gasteiger partial charge in [0.15, 0.2) is 5.92 Å². The van der Waals surface area contributed by atoms with Crippen LogP contribution >= 0.6 is 0 Å². The van der Waals surface area contributed by atoms with E-state index in [0.717, 1.165) is 11.3 Å². The highest BCUT2D eigenvalue weighted by Crippen LogP contribution is 2.31. The summed E-state index contributed by atoms with van der Waals surface area (Å²) in [4.78, 5) is 24.5. The first-order valence-electron chi connectivity index (χ1n) is 10.4. The lowest BCUT2D eigenvalue weighted by Crippen LogP contribution is -2.30. The molecule has 0 saturated carbocycles. The van der Waals surface area contributed by atoms with Crippen molar-refractivity contribution in [1.29, 1.82) is 0 Å². The summed E-state index contributed by atoms with van der Waals surface area (Å²) in [5.74, 6) is -1.42. The maximum Gasteiger partial charge on any atom is 0.320 e. The van der Waals surface area contributed by atoms with Crippen LogP contribution in [0.25, 0.3) is 0 Å². The van der Waals surface area contributed by atoms with Gasteiger partial charge in [0.2, 0.25) is 0 Å². The molecule has 0 bridgehead atoms. The average molecular weight is 412 g/mol. The fourth-order valence-corrected chi connectivity index (χ4v) is 3.40. The Morgan fingerprint density at radius 1 is 0.800 bits per heavy atom. The molecule has 0 aliphatic carbocycles. The van der Waals surface area contributed by atoms with Gasteiger partial charge in [0.05, 0.1) is 20.3 Å². The summed E-state index contributed by atoms with van der Waals surface area (Å²) >= 11 is 0. The number of nitrogens with one attached hydrogen (secondary N) is 1. The van der Waals surface area contributed by atoms with Crippen LogP contribution in [0, 0.1) is 5.92 Å². The number of hydrogen-bond acceptors (Lipinski definition) is 5. The van der Waals surface area contributed by atoms with Gasteiger partial charge < -0.3 is 14.8 Å². The van der Waals surface area contributed by atoms with Crippen molar-refractivity contribution < 1.29 is 19.1 Å². The van der Waals surface area contributed by atoms with Crippen LogP contribution in [-0.2, 0) is 19.1 Å². The van der Waals surface area contributed by atoms with Gasteiger partial charge in [-0.2, -0.15) is 0 Å². The van der Waals surface area contributed by atoms with Gasteiger partial charge in [-0.05, 0) is 47.1 Å². The summed E-state index contributed by atoms with van der Waals surface area (Å²) in [5, 5.41) is 3.56. The first-order chi connectivity index (χ1) is 14.3. The van der Waals surface area contributed by atoms with E-state index in [1.54, 1.807) is 0 Å². The van der Waals surface area contributed by atoms with E-state index in [1.165, 1.54) is 25.3 Å². The second kappa shape index (κ2) is 10.8. The molecule has 0 heterocycles. The molecule has 0 fully saturated rings. The Morgan fingerprint density at radius 2 is 1.30 bits per heavy atom. The predicted molar refractivity (Wildman–Crippen MR) is 120 cm³/mol. The van der Waals surface area contributed by atoms with Crippen molar-refractivity contribution in [2.75, 3.05) is 19.5 Å². The molecule has 2 aromatic rings. The van der Waals surface area contributed by atoms with Gasteiger partial charge in [0.25, 0.3) is 0 Å². The predicted octanol–water partition coefficient (Wildman–Crippen LogP) is 5.44. The molecule has 0 aliphatic heterocycles. The van der Waals surface area contributed by atoms with E-state index in [9.17, 15) is 9.59 Å².